The fraction of sp³-hybridized carbons (Fsp3) is 0.471. The normalized spacial score (nSPS) is 13.8. The van der Waals surface area contributed by atoms with Crippen molar-refractivity contribution in [1.29, 1.82) is 0 Å². The average Bonchev–Trinajstić information content (AvgIpc) is 3.35. The number of nitrogens with two attached hydrogens (primary N) is 1. The zero-order valence-corrected chi connectivity index (χ0v) is 15.8. The molecule has 8 heteroatoms. The Labute approximate surface area is 156 Å². The van der Waals surface area contributed by atoms with Gasteiger partial charge in [0.2, 0.25) is 11.1 Å². The van der Waals surface area contributed by atoms with E-state index in [1.807, 2.05) is 17.0 Å². The summed E-state index contributed by atoms with van der Waals surface area (Å²) in [5.41, 5.74) is 0.832. The average molecular weight is 380 g/mol. The molecule has 1 aliphatic carbocycles. The summed E-state index contributed by atoms with van der Waals surface area (Å²) in [4.78, 5) is 14.4. The van der Waals surface area contributed by atoms with Gasteiger partial charge in [0.05, 0.1) is 5.75 Å². The monoisotopic (exact) mass is 379 g/mol. The number of amides is 1. The molecule has 0 saturated heterocycles. The van der Waals surface area contributed by atoms with Gasteiger partial charge < -0.3 is 10.7 Å². The molecule has 6 nitrogen and oxygen atoms in total. The minimum absolute atomic E-state index is 0.134. The van der Waals surface area contributed by atoms with Crippen LogP contribution in [0.5, 0.6) is 0 Å². The molecular formula is C17H22ClN5OS. The molecule has 0 bridgehead atoms. The van der Waals surface area contributed by atoms with Gasteiger partial charge in [0, 0.05) is 23.7 Å². The first kappa shape index (κ1) is 18.1. The SMILES string of the molecule is CCCN(CC1CC1)C(=O)CSc1nnc(-c2ccc(Cl)cc2)n1N. The number of hydrogen-bond donors (Lipinski definition) is 1. The first-order valence-electron chi connectivity index (χ1n) is 8.45. The summed E-state index contributed by atoms with van der Waals surface area (Å²) in [5.74, 6) is 7.80. The van der Waals surface area contributed by atoms with E-state index in [-0.39, 0.29) is 5.91 Å². The molecule has 1 saturated carbocycles. The Morgan fingerprint density at radius 3 is 2.72 bits per heavy atom. The van der Waals surface area contributed by atoms with E-state index in [9.17, 15) is 4.79 Å². The number of halogens is 1. The molecule has 2 N–H and O–H groups in total. The maximum Gasteiger partial charge on any atom is 0.233 e. The van der Waals surface area contributed by atoms with E-state index in [1.165, 1.54) is 29.3 Å². The van der Waals surface area contributed by atoms with Gasteiger partial charge in [-0.25, -0.2) is 4.68 Å². The highest BCUT2D eigenvalue weighted by Gasteiger charge is 2.26. The predicted molar refractivity (Wildman–Crippen MR) is 101 cm³/mol. The van der Waals surface area contributed by atoms with Crippen LogP contribution in [0.25, 0.3) is 11.4 Å². The molecule has 134 valence electrons. The van der Waals surface area contributed by atoms with Crippen molar-refractivity contribution in [3.05, 3.63) is 29.3 Å². The Balaban J connectivity index is 1.62. The van der Waals surface area contributed by atoms with Crippen molar-refractivity contribution >= 4 is 29.3 Å². The number of carbonyl (C=O) groups is 1. The highest BCUT2D eigenvalue weighted by atomic mass is 35.5. The van der Waals surface area contributed by atoms with E-state index in [0.717, 1.165) is 25.1 Å². The lowest BCUT2D eigenvalue weighted by molar-refractivity contribution is -0.128. The predicted octanol–water partition coefficient (Wildman–Crippen LogP) is 3.05. The number of nitrogen functional groups attached to an aromatic ring is 1. The summed E-state index contributed by atoms with van der Waals surface area (Å²) < 4.78 is 1.42. The van der Waals surface area contributed by atoms with Crippen molar-refractivity contribution in [1.82, 2.24) is 19.8 Å². The minimum atomic E-state index is 0.134. The lowest BCUT2D eigenvalue weighted by atomic mass is 10.2. The molecule has 3 rings (SSSR count). The maximum atomic E-state index is 12.5. The van der Waals surface area contributed by atoms with Gasteiger partial charge in [0.1, 0.15) is 0 Å². The topological polar surface area (TPSA) is 77.0 Å². The van der Waals surface area contributed by atoms with Crippen LogP contribution < -0.4 is 5.84 Å². The Morgan fingerprint density at radius 2 is 2.08 bits per heavy atom. The molecule has 0 atom stereocenters. The summed E-state index contributed by atoms with van der Waals surface area (Å²) in [7, 11) is 0. The number of rotatable bonds is 8. The van der Waals surface area contributed by atoms with Crippen LogP contribution in [0.3, 0.4) is 0 Å². The smallest absolute Gasteiger partial charge is 0.233 e. The highest BCUT2D eigenvalue weighted by Crippen LogP contribution is 2.30. The van der Waals surface area contributed by atoms with Crippen LogP contribution in [0.2, 0.25) is 5.02 Å². The van der Waals surface area contributed by atoms with Crippen molar-refractivity contribution < 1.29 is 4.79 Å². The van der Waals surface area contributed by atoms with Crippen molar-refractivity contribution in [2.24, 2.45) is 5.92 Å². The Kier molecular flexibility index (Phi) is 5.86. The second kappa shape index (κ2) is 8.10. The van der Waals surface area contributed by atoms with Crippen LogP contribution in [0.4, 0.5) is 0 Å². The van der Waals surface area contributed by atoms with Gasteiger partial charge >= 0.3 is 0 Å². The lowest BCUT2D eigenvalue weighted by Gasteiger charge is -2.21. The lowest BCUT2D eigenvalue weighted by Crippen LogP contribution is -2.35. The zero-order chi connectivity index (χ0) is 17.8. The van der Waals surface area contributed by atoms with E-state index in [2.05, 4.69) is 17.1 Å². The van der Waals surface area contributed by atoms with Crippen LogP contribution in [-0.2, 0) is 4.79 Å². The quantitative estimate of drug-likeness (QED) is 0.563. The summed E-state index contributed by atoms with van der Waals surface area (Å²) in [6, 6.07) is 7.24. The van der Waals surface area contributed by atoms with Gasteiger partial charge in [-0.15, -0.1) is 10.2 Å². The van der Waals surface area contributed by atoms with E-state index in [4.69, 9.17) is 17.4 Å². The Hall–Kier alpha value is -1.73. The number of thioether (sulfide) groups is 1. The number of hydrogen-bond acceptors (Lipinski definition) is 5. The van der Waals surface area contributed by atoms with Crippen molar-refractivity contribution in [3.63, 3.8) is 0 Å². The molecular weight excluding hydrogens is 358 g/mol. The number of nitrogens with zero attached hydrogens (tertiary/aromatic N) is 4. The summed E-state index contributed by atoms with van der Waals surface area (Å²) in [6.45, 7) is 3.77. The van der Waals surface area contributed by atoms with Crippen LogP contribution >= 0.6 is 23.4 Å². The van der Waals surface area contributed by atoms with Crippen molar-refractivity contribution in [2.45, 2.75) is 31.3 Å². The molecule has 1 aromatic heterocycles. The van der Waals surface area contributed by atoms with Gasteiger partial charge in [0.15, 0.2) is 5.82 Å². The Morgan fingerprint density at radius 1 is 1.36 bits per heavy atom. The van der Waals surface area contributed by atoms with Gasteiger partial charge in [-0.05, 0) is 49.4 Å². The van der Waals surface area contributed by atoms with Crippen LogP contribution in [0.1, 0.15) is 26.2 Å². The summed E-state index contributed by atoms with van der Waals surface area (Å²) >= 11 is 7.23. The molecule has 0 aliphatic heterocycles. The second-order valence-electron chi connectivity index (χ2n) is 6.25. The van der Waals surface area contributed by atoms with E-state index < -0.39 is 0 Å². The zero-order valence-electron chi connectivity index (χ0n) is 14.2. The van der Waals surface area contributed by atoms with Crippen LogP contribution in [0.15, 0.2) is 29.4 Å². The van der Waals surface area contributed by atoms with Crippen molar-refractivity contribution in [2.75, 3.05) is 24.7 Å². The molecule has 1 aliphatic rings. The number of carbonyl (C=O) groups excluding carboxylic acids is 1. The number of aromatic nitrogens is 3. The molecule has 0 radical (unpaired) electrons. The van der Waals surface area contributed by atoms with Gasteiger partial charge in [-0.2, -0.15) is 0 Å². The van der Waals surface area contributed by atoms with Gasteiger partial charge in [-0.3, -0.25) is 4.79 Å². The van der Waals surface area contributed by atoms with Crippen molar-refractivity contribution in [3.8, 4) is 11.4 Å². The largest absolute Gasteiger partial charge is 0.342 e. The molecule has 0 unspecified atom stereocenters. The molecule has 1 fully saturated rings. The maximum absolute atomic E-state index is 12.5. The number of benzene rings is 1. The third kappa shape index (κ3) is 4.67. The second-order valence-corrected chi connectivity index (χ2v) is 7.63. The third-order valence-corrected chi connectivity index (χ3v) is 5.29. The molecule has 1 heterocycles. The molecule has 25 heavy (non-hydrogen) atoms. The first-order chi connectivity index (χ1) is 12.1. The highest BCUT2D eigenvalue weighted by molar-refractivity contribution is 7.99. The molecule has 1 amide bonds. The van der Waals surface area contributed by atoms with E-state index in [0.29, 0.717) is 27.7 Å². The molecule has 2 aromatic rings. The fourth-order valence-corrected chi connectivity index (χ4v) is 3.47. The van der Waals surface area contributed by atoms with E-state index in [1.54, 1.807) is 12.1 Å². The van der Waals surface area contributed by atoms with Gasteiger partial charge in [-0.1, -0.05) is 30.3 Å². The molecule has 0 spiro atoms. The summed E-state index contributed by atoms with van der Waals surface area (Å²) in [6.07, 6.45) is 3.45. The first-order valence-corrected chi connectivity index (χ1v) is 9.81. The van der Waals surface area contributed by atoms with E-state index >= 15 is 0 Å². The Bertz CT molecular complexity index is 729. The standard InChI is InChI=1S/C17H22ClN5OS/c1-2-9-22(10-12-3-4-12)15(24)11-25-17-21-20-16(23(17)19)13-5-7-14(18)8-6-13/h5-8,12H,2-4,9-11,19H2,1H3. The summed E-state index contributed by atoms with van der Waals surface area (Å²) in [5, 5.41) is 9.43. The van der Waals surface area contributed by atoms with Crippen LogP contribution in [-0.4, -0.2) is 44.5 Å². The van der Waals surface area contributed by atoms with Crippen LogP contribution in [0, 0.1) is 5.92 Å². The minimum Gasteiger partial charge on any atom is -0.342 e. The van der Waals surface area contributed by atoms with Gasteiger partial charge in [0.25, 0.3) is 0 Å². The molecule has 1 aromatic carbocycles. The fourth-order valence-electron chi connectivity index (χ4n) is 2.59. The third-order valence-electron chi connectivity index (χ3n) is 4.11.